The molecule has 0 rings (SSSR count). The molecule has 0 N–H and O–H groups in total. The predicted octanol–water partition coefficient (Wildman–Crippen LogP) is 8.85. The van der Waals surface area contributed by atoms with E-state index in [1.807, 2.05) is 0 Å². The van der Waals surface area contributed by atoms with Crippen LogP contribution in [0, 0.1) is 0 Å². The Morgan fingerprint density at radius 1 is 0.457 bits per heavy atom. The van der Waals surface area contributed by atoms with E-state index in [9.17, 15) is 9.59 Å². The first-order valence-corrected chi connectivity index (χ1v) is 13.6. The first kappa shape index (κ1) is 32.8. The van der Waals surface area contributed by atoms with Gasteiger partial charge in [-0.2, -0.15) is 0 Å². The van der Waals surface area contributed by atoms with Crippen molar-refractivity contribution in [3.63, 3.8) is 0 Å². The summed E-state index contributed by atoms with van der Waals surface area (Å²) in [5, 5.41) is 0. The van der Waals surface area contributed by atoms with Crippen molar-refractivity contribution >= 4 is 12.3 Å². The number of ether oxygens (including phenoxy) is 4. The molecule has 0 atom stereocenters. The number of carbonyl (C=O) groups excluding carboxylic acids is 2. The van der Waals surface area contributed by atoms with Crippen molar-refractivity contribution in [3.8, 4) is 0 Å². The van der Waals surface area contributed by atoms with Crippen LogP contribution in [0.1, 0.15) is 109 Å². The minimum atomic E-state index is -0.587. The zero-order chi connectivity index (χ0) is 25.7. The summed E-state index contributed by atoms with van der Waals surface area (Å²) >= 11 is 0. The summed E-state index contributed by atoms with van der Waals surface area (Å²) in [7, 11) is 2.66. The van der Waals surface area contributed by atoms with Crippen molar-refractivity contribution in [3.05, 3.63) is 36.5 Å². The maximum atomic E-state index is 10.8. The smallest absolute Gasteiger partial charge is 0.438 e. The lowest BCUT2D eigenvalue weighted by molar-refractivity contribution is 0.0704. The van der Waals surface area contributed by atoms with Crippen LogP contribution in [-0.2, 0) is 18.9 Å². The molecule has 0 aromatic heterocycles. The van der Waals surface area contributed by atoms with Crippen LogP contribution in [0.25, 0.3) is 0 Å². The van der Waals surface area contributed by atoms with E-state index in [1.54, 1.807) is 0 Å². The highest BCUT2D eigenvalue weighted by atomic mass is 16.7. The van der Waals surface area contributed by atoms with Gasteiger partial charge in [0.25, 0.3) is 0 Å². The fourth-order valence-corrected chi connectivity index (χ4v) is 3.53. The molecule has 0 heterocycles. The van der Waals surface area contributed by atoms with Crippen LogP contribution in [0.4, 0.5) is 9.59 Å². The lowest BCUT2D eigenvalue weighted by Crippen LogP contribution is -2.05. The highest BCUT2D eigenvalue weighted by Crippen LogP contribution is 2.10. The Kier molecular flexibility index (Phi) is 26.2. The van der Waals surface area contributed by atoms with E-state index >= 15 is 0 Å². The van der Waals surface area contributed by atoms with Crippen LogP contribution in [0.5, 0.6) is 0 Å². The summed E-state index contributed by atoms with van der Waals surface area (Å²) in [6.45, 7) is 0.919. The monoisotopic (exact) mass is 494 g/mol. The standard InChI is InChI=1S/C29H50O6/c1-32-28(30)34-26-24-22-20-18-16-14-12-10-8-6-4-3-5-7-9-11-13-15-17-19-21-23-25-27-35-29(31)33-2/h3-4,7-10H,5-6,11-27H2,1-2H3. The first-order chi connectivity index (χ1) is 17.2. The Labute approximate surface area is 214 Å². The summed E-state index contributed by atoms with van der Waals surface area (Å²) in [6.07, 6.45) is 32.1. The van der Waals surface area contributed by atoms with E-state index < -0.39 is 12.3 Å². The molecule has 0 aromatic rings. The number of carbonyl (C=O) groups is 2. The molecule has 202 valence electrons. The van der Waals surface area contributed by atoms with Crippen molar-refractivity contribution < 1.29 is 28.5 Å². The molecule has 0 aliphatic carbocycles. The molecule has 0 aliphatic rings. The maximum absolute atomic E-state index is 10.8. The average molecular weight is 495 g/mol. The van der Waals surface area contributed by atoms with Gasteiger partial charge in [0.05, 0.1) is 27.4 Å². The van der Waals surface area contributed by atoms with E-state index in [2.05, 4.69) is 45.9 Å². The summed E-state index contributed by atoms with van der Waals surface area (Å²) in [6, 6.07) is 0. The van der Waals surface area contributed by atoms with Gasteiger partial charge in [-0.1, -0.05) is 94.2 Å². The normalized spacial score (nSPS) is 11.5. The van der Waals surface area contributed by atoms with Gasteiger partial charge in [0.2, 0.25) is 0 Å². The van der Waals surface area contributed by atoms with Crippen LogP contribution in [0.3, 0.4) is 0 Å². The molecule has 0 aromatic carbocycles. The van der Waals surface area contributed by atoms with E-state index in [1.165, 1.54) is 78.4 Å². The van der Waals surface area contributed by atoms with Gasteiger partial charge in [0.1, 0.15) is 0 Å². The molecular formula is C29H50O6. The zero-order valence-electron chi connectivity index (χ0n) is 22.3. The Bertz CT molecular complexity index is 568. The van der Waals surface area contributed by atoms with Crippen LogP contribution in [0.15, 0.2) is 36.5 Å². The fraction of sp³-hybridized carbons (Fsp3) is 0.724. The minimum Gasteiger partial charge on any atom is -0.438 e. The number of unbranched alkanes of at least 4 members (excludes halogenated alkanes) is 13. The lowest BCUT2D eigenvalue weighted by Gasteiger charge is -2.03. The third-order valence-electron chi connectivity index (χ3n) is 5.60. The number of hydrogen-bond acceptors (Lipinski definition) is 6. The third kappa shape index (κ3) is 27.9. The van der Waals surface area contributed by atoms with Crippen molar-refractivity contribution in [1.82, 2.24) is 0 Å². The van der Waals surface area contributed by atoms with Crippen LogP contribution < -0.4 is 0 Å². The Morgan fingerprint density at radius 3 is 1.14 bits per heavy atom. The topological polar surface area (TPSA) is 71.1 Å². The zero-order valence-corrected chi connectivity index (χ0v) is 22.3. The molecule has 0 amide bonds. The molecule has 0 fully saturated rings. The number of allylic oxidation sites excluding steroid dienone is 6. The highest BCUT2D eigenvalue weighted by molar-refractivity contribution is 5.59. The van der Waals surface area contributed by atoms with Crippen LogP contribution >= 0.6 is 0 Å². The van der Waals surface area contributed by atoms with Gasteiger partial charge in [-0.05, 0) is 51.4 Å². The quantitative estimate of drug-likeness (QED) is 0.0802. The summed E-state index contributed by atoms with van der Waals surface area (Å²) < 4.78 is 18.6. The van der Waals surface area contributed by atoms with Gasteiger partial charge in [-0.3, -0.25) is 0 Å². The van der Waals surface area contributed by atoms with E-state index in [4.69, 9.17) is 9.47 Å². The van der Waals surface area contributed by atoms with Gasteiger partial charge < -0.3 is 18.9 Å². The molecule has 0 radical (unpaired) electrons. The van der Waals surface area contributed by atoms with Crippen LogP contribution in [-0.4, -0.2) is 39.7 Å². The van der Waals surface area contributed by atoms with E-state index in [0.717, 1.165) is 44.9 Å². The van der Waals surface area contributed by atoms with Gasteiger partial charge in [0, 0.05) is 0 Å². The number of methoxy groups -OCH3 is 2. The molecular weight excluding hydrogens is 444 g/mol. The number of hydrogen-bond donors (Lipinski definition) is 0. The molecule has 0 aliphatic heterocycles. The van der Waals surface area contributed by atoms with Crippen molar-refractivity contribution in [1.29, 1.82) is 0 Å². The van der Waals surface area contributed by atoms with Gasteiger partial charge in [-0.25, -0.2) is 9.59 Å². The second-order valence-corrected chi connectivity index (χ2v) is 8.66. The fourth-order valence-electron chi connectivity index (χ4n) is 3.53. The molecule has 0 bridgehead atoms. The Hall–Kier alpha value is -2.24. The van der Waals surface area contributed by atoms with Gasteiger partial charge in [0.15, 0.2) is 0 Å². The van der Waals surface area contributed by atoms with Gasteiger partial charge >= 0.3 is 12.3 Å². The maximum Gasteiger partial charge on any atom is 0.507 e. The second-order valence-electron chi connectivity index (χ2n) is 8.66. The van der Waals surface area contributed by atoms with Gasteiger partial charge in [-0.15, -0.1) is 0 Å². The lowest BCUT2D eigenvalue weighted by atomic mass is 10.1. The van der Waals surface area contributed by atoms with Crippen molar-refractivity contribution in [2.75, 3.05) is 27.4 Å². The van der Waals surface area contributed by atoms with Crippen LogP contribution in [0.2, 0.25) is 0 Å². The summed E-state index contributed by atoms with van der Waals surface area (Å²) in [5.41, 5.74) is 0. The van der Waals surface area contributed by atoms with Crippen molar-refractivity contribution in [2.24, 2.45) is 0 Å². The van der Waals surface area contributed by atoms with E-state index in [0.29, 0.717) is 13.2 Å². The SMILES string of the molecule is COC(=O)OCCCCCCCCC=CCC=CCC=CCCCCCCCCCOC(=O)OC. The molecule has 6 heteroatoms. The molecule has 0 spiro atoms. The summed E-state index contributed by atoms with van der Waals surface area (Å²) in [4.78, 5) is 21.6. The largest absolute Gasteiger partial charge is 0.507 e. The molecule has 6 nitrogen and oxygen atoms in total. The highest BCUT2D eigenvalue weighted by Gasteiger charge is 1.99. The average Bonchev–Trinajstić information content (AvgIpc) is 2.87. The molecule has 0 saturated heterocycles. The molecule has 0 unspecified atom stereocenters. The minimum absolute atomic E-state index is 0.458. The predicted molar refractivity (Wildman–Crippen MR) is 143 cm³/mol. The molecule has 35 heavy (non-hydrogen) atoms. The Balaban J connectivity index is 3.28. The Morgan fingerprint density at radius 2 is 0.771 bits per heavy atom. The number of rotatable bonds is 23. The third-order valence-corrected chi connectivity index (χ3v) is 5.60. The summed E-state index contributed by atoms with van der Waals surface area (Å²) in [5.74, 6) is 0. The molecule has 0 saturated carbocycles. The first-order valence-electron chi connectivity index (χ1n) is 13.6. The second kappa shape index (κ2) is 28.0. The van der Waals surface area contributed by atoms with Crippen molar-refractivity contribution in [2.45, 2.75) is 109 Å². The van der Waals surface area contributed by atoms with E-state index in [-0.39, 0.29) is 0 Å².